The van der Waals surface area contributed by atoms with E-state index in [1.165, 1.54) is 11.8 Å². The van der Waals surface area contributed by atoms with Gasteiger partial charge in [0.1, 0.15) is 0 Å². The van der Waals surface area contributed by atoms with Gasteiger partial charge in [-0.15, -0.1) is 0 Å². The van der Waals surface area contributed by atoms with E-state index in [1.807, 2.05) is 31.9 Å². The summed E-state index contributed by atoms with van der Waals surface area (Å²) in [5.41, 5.74) is 2.99. The second-order valence-corrected chi connectivity index (χ2v) is 7.58. The molecule has 26 heavy (non-hydrogen) atoms. The average Bonchev–Trinajstić information content (AvgIpc) is 2.65. The number of nitrogens with one attached hydrogen (secondary N) is 1. The highest BCUT2D eigenvalue weighted by Crippen LogP contribution is 2.20. The van der Waals surface area contributed by atoms with Crippen molar-refractivity contribution >= 4 is 23.6 Å². The standard InChI is InChI=1S/C19H30N4O2S/c1-5-10-20-18(25)15-8-11-23(12-9-15)17(24)7-6-16-13(2)21-19(26-4)22-14(16)3/h15H,5-12H2,1-4H3,(H,20,25). The Balaban J connectivity index is 1.84. The lowest BCUT2D eigenvalue weighted by molar-refractivity contribution is -0.135. The van der Waals surface area contributed by atoms with E-state index < -0.39 is 0 Å². The Morgan fingerprint density at radius 2 is 1.81 bits per heavy atom. The second-order valence-electron chi connectivity index (χ2n) is 6.81. The summed E-state index contributed by atoms with van der Waals surface area (Å²) in [6.45, 7) is 8.08. The van der Waals surface area contributed by atoms with Crippen molar-refractivity contribution < 1.29 is 9.59 Å². The van der Waals surface area contributed by atoms with Gasteiger partial charge in [0.2, 0.25) is 11.8 Å². The summed E-state index contributed by atoms with van der Waals surface area (Å²) in [5.74, 6) is 0.337. The Bertz CT molecular complexity index is 619. The van der Waals surface area contributed by atoms with Crippen LogP contribution in [0.15, 0.2) is 5.16 Å². The predicted octanol–water partition coefficient (Wildman–Crippen LogP) is 2.51. The minimum atomic E-state index is 0.0441. The lowest BCUT2D eigenvalue weighted by Crippen LogP contribution is -2.43. The number of aromatic nitrogens is 2. The number of aryl methyl sites for hydroxylation is 2. The molecule has 7 heteroatoms. The molecule has 1 aromatic rings. The first-order valence-corrected chi connectivity index (χ1v) is 10.6. The van der Waals surface area contributed by atoms with E-state index in [-0.39, 0.29) is 17.7 Å². The molecule has 0 unspecified atom stereocenters. The van der Waals surface area contributed by atoms with E-state index in [0.29, 0.717) is 25.9 Å². The number of rotatable bonds is 7. The van der Waals surface area contributed by atoms with Crippen molar-refractivity contribution in [3.63, 3.8) is 0 Å². The first kappa shape index (κ1) is 20.7. The van der Waals surface area contributed by atoms with Gasteiger partial charge in [-0.2, -0.15) is 0 Å². The molecule has 0 atom stereocenters. The molecule has 2 amide bonds. The Hall–Kier alpha value is -1.63. The maximum absolute atomic E-state index is 12.5. The minimum Gasteiger partial charge on any atom is -0.356 e. The molecule has 0 bridgehead atoms. The molecule has 1 aliphatic rings. The highest BCUT2D eigenvalue weighted by atomic mass is 32.2. The van der Waals surface area contributed by atoms with Crippen LogP contribution in [0.25, 0.3) is 0 Å². The van der Waals surface area contributed by atoms with Gasteiger partial charge in [-0.3, -0.25) is 9.59 Å². The number of amides is 2. The molecule has 1 fully saturated rings. The van der Waals surface area contributed by atoms with Crippen molar-refractivity contribution in [2.75, 3.05) is 25.9 Å². The molecule has 1 saturated heterocycles. The summed E-state index contributed by atoms with van der Waals surface area (Å²) in [7, 11) is 0. The first-order valence-electron chi connectivity index (χ1n) is 9.39. The summed E-state index contributed by atoms with van der Waals surface area (Å²) in [4.78, 5) is 35.4. The van der Waals surface area contributed by atoms with Gasteiger partial charge in [0.05, 0.1) is 0 Å². The van der Waals surface area contributed by atoms with Gasteiger partial charge in [0.25, 0.3) is 0 Å². The molecule has 1 aliphatic heterocycles. The SMILES string of the molecule is CCCNC(=O)C1CCN(C(=O)CCc2c(C)nc(SC)nc2C)CC1. The summed E-state index contributed by atoms with van der Waals surface area (Å²) in [6, 6.07) is 0. The van der Waals surface area contributed by atoms with Gasteiger partial charge in [-0.05, 0) is 51.3 Å². The molecule has 2 heterocycles. The third-order valence-electron chi connectivity index (χ3n) is 4.94. The highest BCUT2D eigenvalue weighted by molar-refractivity contribution is 7.98. The molecule has 1 aromatic heterocycles. The number of nitrogens with zero attached hydrogens (tertiary/aromatic N) is 3. The fraction of sp³-hybridized carbons (Fsp3) is 0.684. The van der Waals surface area contributed by atoms with Crippen LogP contribution in [0.1, 0.15) is 49.6 Å². The lowest BCUT2D eigenvalue weighted by Gasteiger charge is -2.31. The first-order chi connectivity index (χ1) is 12.5. The molecule has 0 aliphatic carbocycles. The van der Waals surface area contributed by atoms with E-state index >= 15 is 0 Å². The zero-order chi connectivity index (χ0) is 19.1. The number of carbonyl (C=O) groups excluding carboxylic acids is 2. The Labute approximate surface area is 160 Å². The van der Waals surface area contributed by atoms with Crippen LogP contribution < -0.4 is 5.32 Å². The van der Waals surface area contributed by atoms with Gasteiger partial charge in [0, 0.05) is 43.4 Å². The predicted molar refractivity (Wildman–Crippen MR) is 104 cm³/mol. The number of piperidine rings is 1. The summed E-state index contributed by atoms with van der Waals surface area (Å²) in [5, 5.41) is 3.73. The topological polar surface area (TPSA) is 75.2 Å². The molecule has 0 saturated carbocycles. The molecule has 6 nitrogen and oxygen atoms in total. The fourth-order valence-electron chi connectivity index (χ4n) is 3.34. The van der Waals surface area contributed by atoms with Gasteiger partial charge < -0.3 is 10.2 Å². The Morgan fingerprint density at radius 3 is 2.35 bits per heavy atom. The minimum absolute atomic E-state index is 0.0441. The lowest BCUT2D eigenvalue weighted by atomic mass is 9.95. The van der Waals surface area contributed by atoms with Crippen molar-refractivity contribution in [1.29, 1.82) is 0 Å². The van der Waals surface area contributed by atoms with Crippen LogP contribution in [0.5, 0.6) is 0 Å². The van der Waals surface area contributed by atoms with E-state index in [2.05, 4.69) is 15.3 Å². The molecule has 2 rings (SSSR count). The average molecular weight is 379 g/mol. The normalized spacial score (nSPS) is 15.2. The van der Waals surface area contributed by atoms with Crippen LogP contribution in [0, 0.1) is 19.8 Å². The van der Waals surface area contributed by atoms with Crippen molar-refractivity contribution in [3.8, 4) is 0 Å². The molecule has 0 spiro atoms. The summed E-state index contributed by atoms with van der Waals surface area (Å²) in [6.07, 6.45) is 5.56. The number of carbonyl (C=O) groups is 2. The number of likely N-dealkylation sites (tertiary alicyclic amines) is 1. The molecular formula is C19H30N4O2S. The van der Waals surface area contributed by atoms with E-state index in [0.717, 1.165) is 47.9 Å². The third kappa shape index (κ3) is 5.43. The molecule has 1 N–H and O–H groups in total. The molecular weight excluding hydrogens is 348 g/mol. The smallest absolute Gasteiger partial charge is 0.223 e. The van der Waals surface area contributed by atoms with Crippen LogP contribution in [0.4, 0.5) is 0 Å². The van der Waals surface area contributed by atoms with Crippen molar-refractivity contribution in [1.82, 2.24) is 20.2 Å². The fourth-order valence-corrected chi connectivity index (χ4v) is 3.79. The number of hydrogen-bond acceptors (Lipinski definition) is 5. The Kier molecular flexibility index (Phi) is 7.87. The van der Waals surface area contributed by atoms with Gasteiger partial charge in [-0.25, -0.2) is 9.97 Å². The van der Waals surface area contributed by atoms with Crippen LogP contribution in [-0.4, -0.2) is 52.6 Å². The molecule has 0 radical (unpaired) electrons. The van der Waals surface area contributed by atoms with Crippen molar-refractivity contribution in [2.24, 2.45) is 5.92 Å². The second kappa shape index (κ2) is 9.90. The van der Waals surface area contributed by atoms with Crippen LogP contribution in [0.3, 0.4) is 0 Å². The highest BCUT2D eigenvalue weighted by Gasteiger charge is 2.27. The zero-order valence-corrected chi connectivity index (χ0v) is 17.1. The quantitative estimate of drug-likeness (QED) is 0.583. The van der Waals surface area contributed by atoms with E-state index in [1.54, 1.807) is 0 Å². The monoisotopic (exact) mass is 378 g/mol. The largest absolute Gasteiger partial charge is 0.356 e. The van der Waals surface area contributed by atoms with Gasteiger partial charge >= 0.3 is 0 Å². The van der Waals surface area contributed by atoms with E-state index in [9.17, 15) is 9.59 Å². The third-order valence-corrected chi connectivity index (χ3v) is 5.49. The van der Waals surface area contributed by atoms with Crippen LogP contribution >= 0.6 is 11.8 Å². The molecule has 0 aromatic carbocycles. The van der Waals surface area contributed by atoms with Gasteiger partial charge in [-0.1, -0.05) is 18.7 Å². The number of hydrogen-bond donors (Lipinski definition) is 1. The Morgan fingerprint density at radius 1 is 1.19 bits per heavy atom. The maximum Gasteiger partial charge on any atom is 0.223 e. The van der Waals surface area contributed by atoms with Crippen LogP contribution in [-0.2, 0) is 16.0 Å². The van der Waals surface area contributed by atoms with Crippen molar-refractivity contribution in [2.45, 2.75) is 58.0 Å². The van der Waals surface area contributed by atoms with E-state index in [4.69, 9.17) is 0 Å². The molecule has 144 valence electrons. The zero-order valence-electron chi connectivity index (χ0n) is 16.3. The van der Waals surface area contributed by atoms with Crippen LogP contribution in [0.2, 0.25) is 0 Å². The summed E-state index contributed by atoms with van der Waals surface area (Å²) >= 11 is 1.53. The van der Waals surface area contributed by atoms with Gasteiger partial charge in [0.15, 0.2) is 5.16 Å². The maximum atomic E-state index is 12.5. The number of thioether (sulfide) groups is 1. The van der Waals surface area contributed by atoms with Crippen molar-refractivity contribution in [3.05, 3.63) is 17.0 Å². The summed E-state index contributed by atoms with van der Waals surface area (Å²) < 4.78 is 0.